The summed E-state index contributed by atoms with van der Waals surface area (Å²) in [6.07, 6.45) is 2.36. The first-order chi connectivity index (χ1) is 7.97. The lowest BCUT2D eigenvalue weighted by Gasteiger charge is -2.19. The molecule has 0 bridgehead atoms. The van der Waals surface area contributed by atoms with Gasteiger partial charge in [-0.1, -0.05) is 19.4 Å². The zero-order valence-corrected chi connectivity index (χ0v) is 11.7. The fourth-order valence-electron chi connectivity index (χ4n) is 2.07. The van der Waals surface area contributed by atoms with Crippen molar-refractivity contribution < 1.29 is 4.74 Å². The Bertz CT molecular complexity index is 371. The predicted octanol–water partition coefficient (Wildman–Crippen LogP) is 3.89. The molecule has 0 aliphatic carbocycles. The Kier molecular flexibility index (Phi) is 5.01. The van der Waals surface area contributed by atoms with Crippen LogP contribution in [0.4, 0.5) is 0 Å². The smallest absolute Gasteiger partial charge is 0.122 e. The van der Waals surface area contributed by atoms with Gasteiger partial charge in [0.2, 0.25) is 0 Å². The molecular formula is C15H25NO. The lowest BCUT2D eigenvalue weighted by Crippen LogP contribution is -2.13. The Morgan fingerprint density at radius 2 is 1.82 bits per heavy atom. The molecule has 0 radical (unpaired) electrons. The van der Waals surface area contributed by atoms with E-state index in [1.54, 1.807) is 0 Å². The highest BCUT2D eigenvalue weighted by Crippen LogP contribution is 2.29. The third-order valence-corrected chi connectivity index (χ3v) is 3.14. The van der Waals surface area contributed by atoms with E-state index in [4.69, 9.17) is 10.5 Å². The lowest BCUT2D eigenvalue weighted by molar-refractivity contribution is 0.240. The summed E-state index contributed by atoms with van der Waals surface area (Å²) >= 11 is 0. The van der Waals surface area contributed by atoms with Gasteiger partial charge < -0.3 is 10.5 Å². The minimum Gasteiger partial charge on any atom is -0.491 e. The van der Waals surface area contributed by atoms with Crippen LogP contribution in [-0.2, 0) is 0 Å². The average molecular weight is 235 g/mol. The van der Waals surface area contributed by atoms with Crippen LogP contribution in [-0.4, -0.2) is 6.10 Å². The van der Waals surface area contributed by atoms with Gasteiger partial charge in [-0.3, -0.25) is 0 Å². The quantitative estimate of drug-likeness (QED) is 0.840. The van der Waals surface area contributed by atoms with Crippen LogP contribution in [0.5, 0.6) is 5.75 Å². The SMILES string of the molecule is CCCC(N)c1ccc(OC(C)C)c(C)c1C. The molecule has 1 rings (SSSR count). The van der Waals surface area contributed by atoms with Crippen molar-refractivity contribution in [3.63, 3.8) is 0 Å². The molecule has 0 spiro atoms. The van der Waals surface area contributed by atoms with Gasteiger partial charge in [0, 0.05) is 6.04 Å². The van der Waals surface area contributed by atoms with Gasteiger partial charge in [-0.05, 0) is 56.9 Å². The minimum atomic E-state index is 0.145. The highest BCUT2D eigenvalue weighted by Gasteiger charge is 2.13. The topological polar surface area (TPSA) is 35.2 Å². The van der Waals surface area contributed by atoms with Crippen molar-refractivity contribution in [1.29, 1.82) is 0 Å². The number of rotatable bonds is 5. The van der Waals surface area contributed by atoms with Crippen molar-refractivity contribution >= 4 is 0 Å². The molecule has 96 valence electrons. The maximum atomic E-state index is 6.19. The van der Waals surface area contributed by atoms with E-state index in [9.17, 15) is 0 Å². The first-order valence-electron chi connectivity index (χ1n) is 6.49. The second-order valence-electron chi connectivity index (χ2n) is 4.96. The third kappa shape index (κ3) is 3.47. The molecule has 1 aromatic carbocycles. The zero-order valence-electron chi connectivity index (χ0n) is 11.7. The summed E-state index contributed by atoms with van der Waals surface area (Å²) in [6, 6.07) is 4.31. The summed E-state index contributed by atoms with van der Waals surface area (Å²) in [5.74, 6) is 0.977. The van der Waals surface area contributed by atoms with Crippen LogP contribution >= 0.6 is 0 Å². The van der Waals surface area contributed by atoms with E-state index in [1.807, 2.05) is 19.9 Å². The van der Waals surface area contributed by atoms with E-state index in [0.29, 0.717) is 0 Å². The van der Waals surface area contributed by atoms with Crippen LogP contribution in [0.1, 0.15) is 56.3 Å². The molecule has 1 unspecified atom stereocenters. The largest absolute Gasteiger partial charge is 0.491 e. The summed E-state index contributed by atoms with van der Waals surface area (Å²) < 4.78 is 5.78. The van der Waals surface area contributed by atoms with Crippen molar-refractivity contribution in [2.45, 2.75) is 59.6 Å². The van der Waals surface area contributed by atoms with E-state index in [2.05, 4.69) is 26.8 Å². The van der Waals surface area contributed by atoms with Crippen LogP contribution < -0.4 is 10.5 Å². The van der Waals surface area contributed by atoms with Gasteiger partial charge in [-0.25, -0.2) is 0 Å². The van der Waals surface area contributed by atoms with Crippen molar-refractivity contribution in [2.24, 2.45) is 5.73 Å². The maximum absolute atomic E-state index is 6.19. The first kappa shape index (κ1) is 14.0. The molecule has 0 aromatic heterocycles. The number of benzene rings is 1. The zero-order chi connectivity index (χ0) is 13.0. The van der Waals surface area contributed by atoms with Gasteiger partial charge in [0.05, 0.1) is 6.10 Å². The summed E-state index contributed by atoms with van der Waals surface area (Å²) in [6.45, 7) is 10.5. The second-order valence-corrected chi connectivity index (χ2v) is 4.96. The summed E-state index contributed by atoms with van der Waals surface area (Å²) in [4.78, 5) is 0. The van der Waals surface area contributed by atoms with Gasteiger partial charge in [-0.2, -0.15) is 0 Å². The molecule has 0 heterocycles. The normalized spacial score (nSPS) is 12.9. The van der Waals surface area contributed by atoms with Gasteiger partial charge in [0.15, 0.2) is 0 Å². The Morgan fingerprint density at radius 1 is 1.18 bits per heavy atom. The fourth-order valence-corrected chi connectivity index (χ4v) is 2.07. The number of hydrogen-bond donors (Lipinski definition) is 1. The first-order valence-corrected chi connectivity index (χ1v) is 6.49. The molecule has 0 saturated heterocycles. The average Bonchev–Trinajstić information content (AvgIpc) is 2.24. The van der Waals surface area contributed by atoms with Gasteiger partial charge in [0.25, 0.3) is 0 Å². The highest BCUT2D eigenvalue weighted by molar-refractivity contribution is 5.44. The number of hydrogen-bond acceptors (Lipinski definition) is 2. The fraction of sp³-hybridized carbons (Fsp3) is 0.600. The van der Waals surface area contributed by atoms with Gasteiger partial charge >= 0.3 is 0 Å². The molecule has 2 N–H and O–H groups in total. The van der Waals surface area contributed by atoms with Crippen LogP contribution in [0, 0.1) is 13.8 Å². The Labute approximate surface area is 105 Å². The molecular weight excluding hydrogens is 210 g/mol. The monoisotopic (exact) mass is 235 g/mol. The van der Waals surface area contributed by atoms with Crippen molar-refractivity contribution in [2.75, 3.05) is 0 Å². The molecule has 0 fully saturated rings. The van der Waals surface area contributed by atoms with Gasteiger partial charge in [-0.15, -0.1) is 0 Å². The van der Waals surface area contributed by atoms with Gasteiger partial charge in [0.1, 0.15) is 5.75 Å². The van der Waals surface area contributed by atoms with Crippen molar-refractivity contribution in [1.82, 2.24) is 0 Å². The summed E-state index contributed by atoms with van der Waals surface area (Å²) in [5.41, 5.74) is 9.91. The van der Waals surface area contributed by atoms with Crippen molar-refractivity contribution in [3.8, 4) is 5.75 Å². The molecule has 1 atom stereocenters. The molecule has 2 nitrogen and oxygen atoms in total. The standard InChI is InChI=1S/C15H25NO/c1-6-7-14(16)13-8-9-15(17-10(2)3)12(5)11(13)4/h8-10,14H,6-7,16H2,1-5H3. The summed E-state index contributed by atoms with van der Waals surface area (Å²) in [5, 5.41) is 0. The van der Waals surface area contributed by atoms with E-state index >= 15 is 0 Å². The van der Waals surface area contributed by atoms with Crippen molar-refractivity contribution in [3.05, 3.63) is 28.8 Å². The van der Waals surface area contributed by atoms with Crippen LogP contribution in [0.3, 0.4) is 0 Å². The van der Waals surface area contributed by atoms with Crippen LogP contribution in [0.15, 0.2) is 12.1 Å². The summed E-state index contributed by atoms with van der Waals surface area (Å²) in [7, 11) is 0. The van der Waals surface area contributed by atoms with E-state index in [-0.39, 0.29) is 12.1 Å². The molecule has 0 amide bonds. The van der Waals surface area contributed by atoms with Crippen LogP contribution in [0.25, 0.3) is 0 Å². The Morgan fingerprint density at radius 3 is 2.35 bits per heavy atom. The Balaban J connectivity index is 3.01. The molecule has 0 aliphatic rings. The maximum Gasteiger partial charge on any atom is 0.122 e. The van der Waals surface area contributed by atoms with E-state index in [1.165, 1.54) is 16.7 Å². The highest BCUT2D eigenvalue weighted by atomic mass is 16.5. The number of nitrogens with two attached hydrogens (primary N) is 1. The van der Waals surface area contributed by atoms with Crippen LogP contribution in [0.2, 0.25) is 0 Å². The molecule has 2 heteroatoms. The van der Waals surface area contributed by atoms with E-state index in [0.717, 1.165) is 18.6 Å². The number of ether oxygens (including phenoxy) is 1. The third-order valence-electron chi connectivity index (χ3n) is 3.14. The minimum absolute atomic E-state index is 0.145. The molecule has 0 saturated carbocycles. The molecule has 1 aromatic rings. The molecule has 17 heavy (non-hydrogen) atoms. The van der Waals surface area contributed by atoms with E-state index < -0.39 is 0 Å². The lowest BCUT2D eigenvalue weighted by atomic mass is 9.95. The predicted molar refractivity (Wildman–Crippen MR) is 73.5 cm³/mol. The molecule has 0 aliphatic heterocycles. The second kappa shape index (κ2) is 6.06. The Hall–Kier alpha value is -1.02.